The zero-order chi connectivity index (χ0) is 21.0. The van der Waals surface area contributed by atoms with Crippen molar-refractivity contribution < 1.29 is 22.7 Å². The molecule has 1 aromatic heterocycles. The number of carbonyl (C=O) groups is 1. The van der Waals surface area contributed by atoms with E-state index in [4.69, 9.17) is 16.3 Å². The molecule has 0 bridgehead atoms. The number of ether oxygens (including phenoxy) is 1. The molecule has 0 aliphatic rings. The van der Waals surface area contributed by atoms with Gasteiger partial charge in [-0.1, -0.05) is 23.4 Å². The van der Waals surface area contributed by atoms with E-state index in [1.165, 1.54) is 12.1 Å². The first kappa shape index (κ1) is 21.0. The van der Waals surface area contributed by atoms with Crippen LogP contribution < -0.4 is 10.1 Å². The van der Waals surface area contributed by atoms with E-state index in [0.717, 1.165) is 30.0 Å². The Morgan fingerprint density at radius 3 is 2.62 bits per heavy atom. The van der Waals surface area contributed by atoms with Crippen LogP contribution in [-0.4, -0.2) is 26.4 Å². The Hall–Kier alpha value is -2.72. The van der Waals surface area contributed by atoms with Gasteiger partial charge in [0.25, 0.3) is 0 Å². The van der Waals surface area contributed by atoms with E-state index >= 15 is 0 Å². The van der Waals surface area contributed by atoms with Crippen molar-refractivity contribution in [1.82, 2.24) is 14.8 Å². The van der Waals surface area contributed by atoms with Gasteiger partial charge in [0.1, 0.15) is 29.8 Å². The zero-order valence-electron chi connectivity index (χ0n) is 15.0. The Balaban J connectivity index is 1.55. The Bertz CT molecular complexity index is 1050. The Morgan fingerprint density at radius 2 is 1.90 bits per heavy atom. The lowest BCUT2D eigenvalue weighted by molar-refractivity contribution is -0.113. The second-order valence-corrected chi connectivity index (χ2v) is 7.13. The SMILES string of the molecule is Cn1c(COc2ccc(F)cc2Cl)nnc1SCC(=O)Nc1ccc(F)cc1F. The van der Waals surface area contributed by atoms with E-state index in [1.807, 2.05) is 0 Å². The van der Waals surface area contributed by atoms with Crippen molar-refractivity contribution in [3.63, 3.8) is 0 Å². The average molecular weight is 443 g/mol. The summed E-state index contributed by atoms with van der Waals surface area (Å²) in [6.45, 7) is 0.0302. The van der Waals surface area contributed by atoms with Crippen LogP contribution in [0.2, 0.25) is 5.02 Å². The summed E-state index contributed by atoms with van der Waals surface area (Å²) in [4.78, 5) is 12.0. The van der Waals surface area contributed by atoms with Gasteiger partial charge in [-0.25, -0.2) is 13.2 Å². The number of nitrogens with one attached hydrogen (secondary N) is 1. The van der Waals surface area contributed by atoms with Crippen LogP contribution in [-0.2, 0) is 18.4 Å². The maximum absolute atomic E-state index is 13.6. The summed E-state index contributed by atoms with van der Waals surface area (Å²) in [6, 6.07) is 6.65. The lowest BCUT2D eigenvalue weighted by atomic mass is 10.3. The molecule has 11 heteroatoms. The molecule has 1 amide bonds. The molecule has 0 fully saturated rings. The monoisotopic (exact) mass is 442 g/mol. The Morgan fingerprint density at radius 1 is 1.17 bits per heavy atom. The maximum Gasteiger partial charge on any atom is 0.234 e. The third kappa shape index (κ3) is 5.42. The summed E-state index contributed by atoms with van der Waals surface area (Å²) >= 11 is 6.99. The van der Waals surface area contributed by atoms with Gasteiger partial charge in [0.15, 0.2) is 11.0 Å². The smallest absolute Gasteiger partial charge is 0.234 e. The van der Waals surface area contributed by atoms with Crippen molar-refractivity contribution in [2.75, 3.05) is 11.1 Å². The van der Waals surface area contributed by atoms with Crippen LogP contribution >= 0.6 is 23.4 Å². The third-order valence-electron chi connectivity index (χ3n) is 3.71. The number of halogens is 4. The van der Waals surface area contributed by atoms with E-state index in [9.17, 15) is 18.0 Å². The van der Waals surface area contributed by atoms with Crippen LogP contribution in [0.1, 0.15) is 5.82 Å². The highest BCUT2D eigenvalue weighted by Gasteiger charge is 2.14. The molecule has 1 N–H and O–H groups in total. The van der Waals surface area contributed by atoms with Crippen LogP contribution in [0.15, 0.2) is 41.6 Å². The lowest BCUT2D eigenvalue weighted by Crippen LogP contribution is -2.15. The summed E-state index contributed by atoms with van der Waals surface area (Å²) < 4.78 is 46.7. The fourth-order valence-corrected chi connectivity index (χ4v) is 3.19. The first-order chi connectivity index (χ1) is 13.8. The van der Waals surface area contributed by atoms with Crippen molar-refractivity contribution in [2.24, 2.45) is 7.05 Å². The van der Waals surface area contributed by atoms with Crippen LogP contribution in [0.3, 0.4) is 0 Å². The normalized spacial score (nSPS) is 10.8. The fraction of sp³-hybridized carbons (Fsp3) is 0.167. The molecule has 0 saturated carbocycles. The fourth-order valence-electron chi connectivity index (χ4n) is 2.24. The molecule has 29 heavy (non-hydrogen) atoms. The number of hydrogen-bond acceptors (Lipinski definition) is 5. The average Bonchev–Trinajstić information content (AvgIpc) is 3.01. The molecule has 152 valence electrons. The van der Waals surface area contributed by atoms with Gasteiger partial charge in [-0.05, 0) is 30.3 Å². The summed E-state index contributed by atoms with van der Waals surface area (Å²) in [5.41, 5.74) is -0.111. The summed E-state index contributed by atoms with van der Waals surface area (Å²) in [5.74, 6) is -1.86. The second kappa shape index (κ2) is 9.19. The highest BCUT2D eigenvalue weighted by atomic mass is 35.5. The first-order valence-electron chi connectivity index (χ1n) is 8.17. The van der Waals surface area contributed by atoms with Crippen molar-refractivity contribution in [1.29, 1.82) is 0 Å². The summed E-state index contributed by atoms with van der Waals surface area (Å²) in [5, 5.41) is 10.9. The first-order valence-corrected chi connectivity index (χ1v) is 9.53. The number of thioether (sulfide) groups is 1. The van der Waals surface area contributed by atoms with Gasteiger partial charge in [-0.2, -0.15) is 0 Å². The summed E-state index contributed by atoms with van der Waals surface area (Å²) in [6.07, 6.45) is 0. The Kier molecular flexibility index (Phi) is 6.65. The van der Waals surface area contributed by atoms with Crippen LogP contribution in [0.25, 0.3) is 0 Å². The van der Waals surface area contributed by atoms with Crippen LogP contribution in [0.4, 0.5) is 18.9 Å². The van der Waals surface area contributed by atoms with Crippen molar-refractivity contribution in [3.05, 3.63) is 64.7 Å². The number of nitrogens with zero attached hydrogens (tertiary/aromatic N) is 3. The molecular formula is C18H14ClF3N4O2S. The van der Waals surface area contributed by atoms with E-state index < -0.39 is 23.4 Å². The molecule has 1 heterocycles. The number of carbonyl (C=O) groups excluding carboxylic acids is 1. The van der Waals surface area contributed by atoms with Gasteiger partial charge in [0.2, 0.25) is 5.91 Å². The van der Waals surface area contributed by atoms with Gasteiger partial charge in [0.05, 0.1) is 16.5 Å². The van der Waals surface area contributed by atoms with E-state index in [-0.39, 0.29) is 23.1 Å². The Labute approximate surface area is 173 Å². The topological polar surface area (TPSA) is 69.0 Å². The van der Waals surface area contributed by atoms with Gasteiger partial charge in [-0.3, -0.25) is 4.79 Å². The minimum atomic E-state index is -0.860. The maximum atomic E-state index is 13.6. The number of amides is 1. The predicted molar refractivity (Wildman–Crippen MR) is 102 cm³/mol. The number of benzene rings is 2. The highest BCUT2D eigenvalue weighted by molar-refractivity contribution is 7.99. The second-order valence-electron chi connectivity index (χ2n) is 5.78. The predicted octanol–water partition coefficient (Wildman–Crippen LogP) is 4.20. The molecule has 0 aliphatic carbocycles. The van der Waals surface area contributed by atoms with E-state index in [2.05, 4.69) is 15.5 Å². The molecule has 2 aromatic carbocycles. The van der Waals surface area contributed by atoms with E-state index in [1.54, 1.807) is 11.6 Å². The molecule has 0 radical (unpaired) electrons. The molecule has 3 rings (SSSR count). The van der Waals surface area contributed by atoms with Gasteiger partial charge >= 0.3 is 0 Å². The van der Waals surface area contributed by atoms with E-state index in [0.29, 0.717) is 22.8 Å². The molecule has 0 saturated heterocycles. The molecule has 0 spiro atoms. The van der Waals surface area contributed by atoms with Crippen molar-refractivity contribution in [3.8, 4) is 5.75 Å². The highest BCUT2D eigenvalue weighted by Crippen LogP contribution is 2.26. The molecule has 3 aromatic rings. The van der Waals surface area contributed by atoms with Gasteiger partial charge < -0.3 is 14.6 Å². The standard InChI is InChI=1S/C18H14ClF3N4O2S/c1-26-16(8-28-15-5-3-10(20)6-12(15)19)24-25-18(26)29-9-17(27)23-14-4-2-11(21)7-13(14)22/h2-7H,8-9H2,1H3,(H,23,27). The largest absolute Gasteiger partial charge is 0.484 e. The third-order valence-corrected chi connectivity index (χ3v) is 5.03. The van der Waals surface area contributed by atoms with Gasteiger partial charge in [-0.15, -0.1) is 10.2 Å². The molecule has 0 atom stereocenters. The molecular weight excluding hydrogens is 429 g/mol. The molecule has 0 unspecified atom stereocenters. The quantitative estimate of drug-likeness (QED) is 0.555. The number of anilines is 1. The number of hydrogen-bond donors (Lipinski definition) is 1. The van der Waals surface area contributed by atoms with Crippen LogP contribution in [0.5, 0.6) is 5.75 Å². The molecule has 0 aliphatic heterocycles. The van der Waals surface area contributed by atoms with Crippen LogP contribution in [0, 0.1) is 17.5 Å². The zero-order valence-corrected chi connectivity index (χ0v) is 16.5. The number of rotatable bonds is 7. The summed E-state index contributed by atoms with van der Waals surface area (Å²) in [7, 11) is 1.69. The minimum Gasteiger partial charge on any atom is -0.484 e. The van der Waals surface area contributed by atoms with Gasteiger partial charge in [0, 0.05) is 13.1 Å². The van der Waals surface area contributed by atoms with Crippen molar-refractivity contribution >= 4 is 35.0 Å². The number of aromatic nitrogens is 3. The lowest BCUT2D eigenvalue weighted by Gasteiger charge is -2.08. The molecule has 6 nitrogen and oxygen atoms in total. The van der Waals surface area contributed by atoms with Crippen molar-refractivity contribution in [2.45, 2.75) is 11.8 Å². The minimum absolute atomic E-state index is 0.0302.